The third-order valence-corrected chi connectivity index (χ3v) is 3.90. The summed E-state index contributed by atoms with van der Waals surface area (Å²) in [5.41, 5.74) is 5.77. The average molecular weight is 284 g/mol. The van der Waals surface area contributed by atoms with Gasteiger partial charge in [-0.1, -0.05) is 11.2 Å². The van der Waals surface area contributed by atoms with Crippen LogP contribution in [0.2, 0.25) is 0 Å². The molecule has 1 aliphatic rings. The van der Waals surface area contributed by atoms with Crippen molar-refractivity contribution in [3.63, 3.8) is 0 Å². The van der Waals surface area contributed by atoms with Gasteiger partial charge >= 0.3 is 0 Å². The molecule has 0 bridgehead atoms. The molecule has 0 atom stereocenters. The summed E-state index contributed by atoms with van der Waals surface area (Å²) in [5, 5.41) is 5.98. The van der Waals surface area contributed by atoms with Gasteiger partial charge in [-0.05, 0) is 36.8 Å². The molecule has 2 heterocycles. The largest absolute Gasteiger partial charge is 0.335 e. The van der Waals surface area contributed by atoms with E-state index >= 15 is 0 Å². The van der Waals surface area contributed by atoms with Crippen LogP contribution in [0.3, 0.4) is 0 Å². The van der Waals surface area contributed by atoms with E-state index in [1.807, 2.05) is 29.7 Å². The van der Waals surface area contributed by atoms with Gasteiger partial charge in [0.15, 0.2) is 5.82 Å². The van der Waals surface area contributed by atoms with Crippen molar-refractivity contribution in [1.29, 1.82) is 0 Å². The minimum Gasteiger partial charge on any atom is -0.335 e. The smallest absolute Gasteiger partial charge is 0.250 e. The fourth-order valence-electron chi connectivity index (χ4n) is 1.83. The Labute approximate surface area is 115 Å². The van der Waals surface area contributed by atoms with Gasteiger partial charge in [-0.3, -0.25) is 0 Å². The monoisotopic (exact) mass is 283 g/mol. The summed E-state index contributed by atoms with van der Waals surface area (Å²) in [6.45, 7) is 0. The Morgan fingerprint density at radius 1 is 1.39 bits per heavy atom. The Bertz CT molecular complexity index is 531. The number of hydrogen-bond acceptors (Lipinski definition) is 5. The molecule has 0 saturated heterocycles. The fraction of sp³-hybridized carbons (Fsp3) is 0.333. The van der Waals surface area contributed by atoms with Gasteiger partial charge in [-0.2, -0.15) is 4.98 Å². The van der Waals surface area contributed by atoms with Crippen molar-refractivity contribution >= 4 is 35.9 Å². The van der Waals surface area contributed by atoms with E-state index in [0.717, 1.165) is 24.1 Å². The molecule has 6 heteroatoms. The molecule has 1 saturated carbocycles. The molecule has 2 aromatic rings. The van der Waals surface area contributed by atoms with Gasteiger partial charge in [0.25, 0.3) is 5.89 Å². The Morgan fingerprint density at radius 3 is 2.83 bits per heavy atom. The van der Waals surface area contributed by atoms with Crippen molar-refractivity contribution < 1.29 is 4.52 Å². The topological polar surface area (TPSA) is 64.9 Å². The Kier molecular flexibility index (Phi) is 3.85. The van der Waals surface area contributed by atoms with E-state index in [9.17, 15) is 0 Å². The van der Waals surface area contributed by atoms with Gasteiger partial charge in [0, 0.05) is 11.0 Å². The number of nitrogens with two attached hydrogens (primary N) is 1. The lowest BCUT2D eigenvalue weighted by atomic mass is 9.77. The SMILES string of the molecule is Cl.NC1(c2noc(/C=C/c3cccs3)n2)CCC1. The molecule has 3 rings (SSSR count). The molecule has 1 fully saturated rings. The molecular weight excluding hydrogens is 270 g/mol. The highest BCUT2D eigenvalue weighted by molar-refractivity contribution is 7.10. The maximum absolute atomic E-state index is 6.12. The lowest BCUT2D eigenvalue weighted by Crippen LogP contribution is -2.44. The zero-order chi connectivity index (χ0) is 11.7. The van der Waals surface area contributed by atoms with Gasteiger partial charge < -0.3 is 10.3 Å². The minimum atomic E-state index is -0.349. The van der Waals surface area contributed by atoms with Crippen molar-refractivity contribution in [2.45, 2.75) is 24.8 Å². The second-order valence-electron chi connectivity index (χ2n) is 4.31. The standard InChI is InChI=1S/C12H13N3OS.ClH/c13-12(6-2-7-12)11-14-10(16-15-11)5-4-9-3-1-8-17-9;/h1,3-5,8H,2,6-7,13H2;1H/b5-4+;. The van der Waals surface area contributed by atoms with Crippen molar-refractivity contribution in [3.05, 3.63) is 34.1 Å². The second kappa shape index (κ2) is 5.22. The van der Waals surface area contributed by atoms with Gasteiger partial charge in [-0.25, -0.2) is 0 Å². The Morgan fingerprint density at radius 2 is 2.22 bits per heavy atom. The normalized spacial score (nSPS) is 17.4. The molecule has 0 amide bonds. The number of thiophene rings is 1. The van der Waals surface area contributed by atoms with Crippen molar-refractivity contribution in [2.24, 2.45) is 5.73 Å². The summed E-state index contributed by atoms with van der Waals surface area (Å²) in [4.78, 5) is 5.48. The molecule has 4 nitrogen and oxygen atoms in total. The van der Waals surface area contributed by atoms with Gasteiger partial charge in [-0.15, -0.1) is 23.7 Å². The van der Waals surface area contributed by atoms with Crippen LogP contribution in [0.15, 0.2) is 22.0 Å². The Balaban J connectivity index is 0.00000120. The first-order valence-electron chi connectivity index (χ1n) is 5.61. The minimum absolute atomic E-state index is 0. The highest BCUT2D eigenvalue weighted by Crippen LogP contribution is 2.36. The number of aromatic nitrogens is 2. The van der Waals surface area contributed by atoms with E-state index < -0.39 is 0 Å². The zero-order valence-corrected chi connectivity index (χ0v) is 11.3. The number of halogens is 1. The van der Waals surface area contributed by atoms with Crippen LogP contribution in [0.1, 0.15) is 35.9 Å². The van der Waals surface area contributed by atoms with Crippen molar-refractivity contribution in [1.82, 2.24) is 10.1 Å². The van der Waals surface area contributed by atoms with E-state index in [-0.39, 0.29) is 17.9 Å². The first kappa shape index (κ1) is 13.3. The van der Waals surface area contributed by atoms with Crippen molar-refractivity contribution in [2.75, 3.05) is 0 Å². The number of rotatable bonds is 3. The van der Waals surface area contributed by atoms with E-state index in [1.165, 1.54) is 0 Å². The molecule has 0 radical (unpaired) electrons. The summed E-state index contributed by atoms with van der Waals surface area (Å²) < 4.78 is 5.16. The van der Waals surface area contributed by atoms with Crippen LogP contribution in [0.25, 0.3) is 12.2 Å². The molecule has 1 aliphatic carbocycles. The van der Waals surface area contributed by atoms with Crippen LogP contribution in [-0.4, -0.2) is 10.1 Å². The lowest BCUT2D eigenvalue weighted by Gasteiger charge is -2.34. The van der Waals surface area contributed by atoms with Crippen LogP contribution in [0, 0.1) is 0 Å². The third-order valence-electron chi connectivity index (χ3n) is 3.07. The molecular formula is C12H14ClN3OS. The first-order valence-corrected chi connectivity index (χ1v) is 6.49. The molecule has 0 spiro atoms. The number of hydrogen-bond donors (Lipinski definition) is 1. The van der Waals surface area contributed by atoms with E-state index in [4.69, 9.17) is 10.3 Å². The molecule has 96 valence electrons. The zero-order valence-electron chi connectivity index (χ0n) is 9.70. The first-order chi connectivity index (χ1) is 8.26. The van der Waals surface area contributed by atoms with Crippen LogP contribution in [0.5, 0.6) is 0 Å². The van der Waals surface area contributed by atoms with Crippen LogP contribution in [0.4, 0.5) is 0 Å². The van der Waals surface area contributed by atoms with Crippen LogP contribution >= 0.6 is 23.7 Å². The average Bonchev–Trinajstić information content (AvgIpc) is 2.94. The summed E-state index contributed by atoms with van der Waals surface area (Å²) in [7, 11) is 0. The third kappa shape index (κ3) is 2.48. The van der Waals surface area contributed by atoms with E-state index in [0.29, 0.717) is 11.7 Å². The van der Waals surface area contributed by atoms with Crippen LogP contribution < -0.4 is 5.73 Å². The predicted octanol–water partition coefficient (Wildman–Crippen LogP) is 3.06. The maximum atomic E-state index is 6.12. The maximum Gasteiger partial charge on any atom is 0.250 e. The van der Waals surface area contributed by atoms with E-state index in [2.05, 4.69) is 10.1 Å². The van der Waals surface area contributed by atoms with Gasteiger partial charge in [0.2, 0.25) is 0 Å². The fourth-order valence-corrected chi connectivity index (χ4v) is 2.44. The van der Waals surface area contributed by atoms with E-state index in [1.54, 1.807) is 11.3 Å². The molecule has 0 aliphatic heterocycles. The molecule has 2 aromatic heterocycles. The molecule has 18 heavy (non-hydrogen) atoms. The lowest BCUT2D eigenvalue weighted by molar-refractivity contribution is 0.229. The number of nitrogens with zero attached hydrogens (tertiary/aromatic N) is 2. The highest BCUT2D eigenvalue weighted by atomic mass is 35.5. The summed E-state index contributed by atoms with van der Waals surface area (Å²) in [6.07, 6.45) is 6.82. The second-order valence-corrected chi connectivity index (χ2v) is 5.29. The molecule has 2 N–H and O–H groups in total. The predicted molar refractivity (Wildman–Crippen MR) is 74.5 cm³/mol. The molecule has 0 aromatic carbocycles. The van der Waals surface area contributed by atoms with Crippen LogP contribution in [-0.2, 0) is 5.54 Å². The van der Waals surface area contributed by atoms with Gasteiger partial charge in [0.05, 0.1) is 5.54 Å². The quantitative estimate of drug-likeness (QED) is 0.940. The van der Waals surface area contributed by atoms with Gasteiger partial charge in [0.1, 0.15) is 0 Å². The van der Waals surface area contributed by atoms with Crippen molar-refractivity contribution in [3.8, 4) is 0 Å². The summed E-state index contributed by atoms with van der Waals surface area (Å²) >= 11 is 1.67. The summed E-state index contributed by atoms with van der Waals surface area (Å²) in [5.74, 6) is 1.15. The summed E-state index contributed by atoms with van der Waals surface area (Å²) in [6, 6.07) is 4.04. The Hall–Kier alpha value is -1.17. The highest BCUT2D eigenvalue weighted by Gasteiger charge is 2.38. The molecule has 0 unspecified atom stereocenters.